The highest BCUT2D eigenvalue weighted by Gasteiger charge is 2.24. The van der Waals surface area contributed by atoms with Gasteiger partial charge in [0.05, 0.1) is 12.2 Å². The van der Waals surface area contributed by atoms with E-state index in [1.807, 2.05) is 0 Å². The van der Waals surface area contributed by atoms with Gasteiger partial charge >= 0.3 is 11.9 Å². The minimum Gasteiger partial charge on any atom is -0.480 e. The van der Waals surface area contributed by atoms with Crippen molar-refractivity contribution in [2.45, 2.75) is 52.0 Å². The van der Waals surface area contributed by atoms with Crippen LogP contribution in [0, 0.1) is 11.8 Å². The summed E-state index contributed by atoms with van der Waals surface area (Å²) < 4.78 is 0. The number of nitrogens with two attached hydrogens (primary N) is 2. The number of hydrogen-bond donors (Lipinski definition) is 6. The van der Waals surface area contributed by atoms with E-state index in [1.165, 1.54) is 0 Å². The summed E-state index contributed by atoms with van der Waals surface area (Å²) in [6.45, 7) is 6.86. The molecule has 8 nitrogen and oxygen atoms in total. The van der Waals surface area contributed by atoms with Gasteiger partial charge in [0.25, 0.3) is 0 Å². The molecule has 120 valence electrons. The normalized spacial score (nSPS) is 16.9. The van der Waals surface area contributed by atoms with E-state index in [-0.39, 0.29) is 11.8 Å². The average molecular weight is 294 g/mol. The highest BCUT2D eigenvalue weighted by molar-refractivity contribution is 5.74. The molecule has 0 saturated heterocycles. The molecule has 0 saturated carbocycles. The van der Waals surface area contributed by atoms with Crippen molar-refractivity contribution in [2.24, 2.45) is 23.3 Å². The Morgan fingerprint density at radius 2 is 0.950 bits per heavy atom. The fourth-order valence-electron chi connectivity index (χ4n) is 1.12. The second kappa shape index (κ2) is 9.65. The predicted octanol–water partition coefficient (Wildman–Crippen LogP) is -1.17. The van der Waals surface area contributed by atoms with Crippen molar-refractivity contribution < 1.29 is 30.0 Å². The second-order valence-corrected chi connectivity index (χ2v) is 5.20. The summed E-state index contributed by atoms with van der Waals surface area (Å²) >= 11 is 0. The van der Waals surface area contributed by atoms with E-state index in [2.05, 4.69) is 0 Å². The van der Waals surface area contributed by atoms with Crippen LogP contribution in [0.3, 0.4) is 0 Å². The maximum Gasteiger partial charge on any atom is 0.323 e. The van der Waals surface area contributed by atoms with Crippen molar-refractivity contribution in [3.63, 3.8) is 0 Å². The molecule has 0 heterocycles. The summed E-state index contributed by atoms with van der Waals surface area (Å²) in [4.78, 5) is 20.3. The first-order valence-electron chi connectivity index (χ1n) is 6.26. The van der Waals surface area contributed by atoms with Gasteiger partial charge in [-0.2, -0.15) is 0 Å². The number of aliphatic carboxylic acids is 2. The van der Waals surface area contributed by atoms with Gasteiger partial charge in [0.1, 0.15) is 12.1 Å². The minimum absolute atomic E-state index is 0.119. The van der Waals surface area contributed by atoms with Gasteiger partial charge in [-0.3, -0.25) is 9.59 Å². The third-order valence-corrected chi connectivity index (χ3v) is 2.67. The Labute approximate surface area is 118 Å². The average Bonchev–Trinajstić information content (AvgIpc) is 2.35. The number of carboxylic acid groups (broad SMARTS) is 2. The molecule has 0 rings (SSSR count). The molecule has 0 aromatic rings. The summed E-state index contributed by atoms with van der Waals surface area (Å²) in [7, 11) is 0. The summed E-state index contributed by atoms with van der Waals surface area (Å²) in [5, 5.41) is 34.8. The van der Waals surface area contributed by atoms with E-state index in [9.17, 15) is 9.59 Å². The quantitative estimate of drug-likeness (QED) is 0.356. The SMILES string of the molecule is CC(C)C(O)[C@H](N)C(=O)O.CC(C)C(O)[C@H](N)C(=O)O. The van der Waals surface area contributed by atoms with Gasteiger partial charge < -0.3 is 31.9 Å². The van der Waals surface area contributed by atoms with Crippen LogP contribution in [0.1, 0.15) is 27.7 Å². The smallest absolute Gasteiger partial charge is 0.323 e. The third kappa shape index (κ3) is 8.05. The molecule has 0 radical (unpaired) electrons. The fourth-order valence-corrected chi connectivity index (χ4v) is 1.12. The maximum atomic E-state index is 10.2. The van der Waals surface area contributed by atoms with Gasteiger partial charge in [-0.05, 0) is 11.8 Å². The zero-order chi connectivity index (χ0) is 16.6. The first-order chi connectivity index (χ1) is 8.93. The summed E-state index contributed by atoms with van der Waals surface area (Å²) in [5.74, 6) is -2.57. The summed E-state index contributed by atoms with van der Waals surface area (Å²) in [6, 6.07) is -2.33. The molecule has 8 N–H and O–H groups in total. The number of hydrogen-bond acceptors (Lipinski definition) is 6. The van der Waals surface area contributed by atoms with E-state index in [0.29, 0.717) is 0 Å². The van der Waals surface area contributed by atoms with Crippen LogP contribution in [0.5, 0.6) is 0 Å². The molecule has 2 unspecified atom stereocenters. The zero-order valence-corrected chi connectivity index (χ0v) is 12.2. The number of carboxylic acids is 2. The van der Waals surface area contributed by atoms with Gasteiger partial charge in [0.15, 0.2) is 0 Å². The highest BCUT2D eigenvalue weighted by Crippen LogP contribution is 2.04. The Hall–Kier alpha value is -1.22. The third-order valence-electron chi connectivity index (χ3n) is 2.67. The molecular weight excluding hydrogens is 268 g/mol. The lowest BCUT2D eigenvalue weighted by atomic mass is 10.0. The minimum atomic E-state index is -1.17. The van der Waals surface area contributed by atoms with Crippen LogP contribution in [0.4, 0.5) is 0 Å². The van der Waals surface area contributed by atoms with Crippen LogP contribution in [-0.2, 0) is 9.59 Å². The van der Waals surface area contributed by atoms with Crippen molar-refractivity contribution in [2.75, 3.05) is 0 Å². The lowest BCUT2D eigenvalue weighted by Gasteiger charge is -2.17. The molecule has 0 aromatic carbocycles. The van der Waals surface area contributed by atoms with Crippen LogP contribution in [0.25, 0.3) is 0 Å². The largest absolute Gasteiger partial charge is 0.480 e. The van der Waals surface area contributed by atoms with Crippen molar-refractivity contribution in [3.8, 4) is 0 Å². The molecule has 0 aliphatic rings. The molecule has 4 atom stereocenters. The Kier molecular flexibility index (Phi) is 10.2. The van der Waals surface area contributed by atoms with Crippen LogP contribution < -0.4 is 11.5 Å². The molecule has 0 fully saturated rings. The van der Waals surface area contributed by atoms with Gasteiger partial charge in [-0.15, -0.1) is 0 Å². The van der Waals surface area contributed by atoms with Crippen molar-refractivity contribution in [1.82, 2.24) is 0 Å². The Morgan fingerprint density at radius 3 is 1.00 bits per heavy atom. The molecule has 0 amide bonds. The van der Waals surface area contributed by atoms with Crippen molar-refractivity contribution >= 4 is 11.9 Å². The van der Waals surface area contributed by atoms with Crippen molar-refractivity contribution in [3.05, 3.63) is 0 Å². The maximum absolute atomic E-state index is 10.2. The second-order valence-electron chi connectivity index (χ2n) is 5.20. The summed E-state index contributed by atoms with van der Waals surface area (Å²) in [5.41, 5.74) is 10.2. The zero-order valence-electron chi connectivity index (χ0n) is 12.2. The van der Waals surface area contributed by atoms with E-state index in [0.717, 1.165) is 0 Å². The molecule has 0 aliphatic heterocycles. The topological polar surface area (TPSA) is 167 Å². The Balaban J connectivity index is 0. The predicted molar refractivity (Wildman–Crippen MR) is 72.9 cm³/mol. The number of aliphatic hydroxyl groups excluding tert-OH is 2. The molecule has 0 bridgehead atoms. The highest BCUT2D eigenvalue weighted by atomic mass is 16.4. The van der Waals surface area contributed by atoms with E-state index >= 15 is 0 Å². The molecular formula is C12H26N2O6. The number of aliphatic hydroxyl groups is 2. The molecule has 0 spiro atoms. The molecule has 0 aromatic heterocycles. The first-order valence-corrected chi connectivity index (χ1v) is 6.26. The Bertz CT molecular complexity index is 278. The molecule has 8 heteroatoms. The monoisotopic (exact) mass is 294 g/mol. The first kappa shape index (κ1) is 21.1. The van der Waals surface area contributed by atoms with Crippen LogP contribution >= 0.6 is 0 Å². The standard InChI is InChI=1S/2C6H13NO3/c2*1-3(2)5(8)4(7)6(9)10/h2*3-5,8H,7H2,1-2H3,(H,9,10)/t2*4-,5?/m00/s1. The van der Waals surface area contributed by atoms with Crippen molar-refractivity contribution in [1.29, 1.82) is 0 Å². The van der Waals surface area contributed by atoms with Gasteiger partial charge in [-0.1, -0.05) is 27.7 Å². The number of carbonyl (C=O) groups is 2. The van der Waals surface area contributed by atoms with E-state index in [1.54, 1.807) is 27.7 Å². The van der Waals surface area contributed by atoms with Crippen LogP contribution in [0.15, 0.2) is 0 Å². The lowest BCUT2D eigenvalue weighted by molar-refractivity contribution is -0.143. The fraction of sp³-hybridized carbons (Fsp3) is 0.833. The summed E-state index contributed by atoms with van der Waals surface area (Å²) in [6.07, 6.45) is -1.92. The lowest BCUT2D eigenvalue weighted by Crippen LogP contribution is -2.44. The molecule has 0 aliphatic carbocycles. The van der Waals surface area contributed by atoms with E-state index < -0.39 is 36.2 Å². The van der Waals surface area contributed by atoms with Gasteiger partial charge in [0.2, 0.25) is 0 Å². The van der Waals surface area contributed by atoms with Crippen LogP contribution in [0.2, 0.25) is 0 Å². The number of rotatable bonds is 6. The van der Waals surface area contributed by atoms with Crippen LogP contribution in [-0.4, -0.2) is 56.7 Å². The van der Waals surface area contributed by atoms with Gasteiger partial charge in [0, 0.05) is 0 Å². The van der Waals surface area contributed by atoms with Gasteiger partial charge in [-0.25, -0.2) is 0 Å². The Morgan fingerprint density at radius 1 is 0.750 bits per heavy atom. The van der Waals surface area contributed by atoms with E-state index in [4.69, 9.17) is 31.9 Å². The molecule has 20 heavy (non-hydrogen) atoms.